The van der Waals surface area contributed by atoms with Gasteiger partial charge < -0.3 is 24.7 Å². The number of rotatable bonds is 5. The third-order valence-electron chi connectivity index (χ3n) is 5.08. The van der Waals surface area contributed by atoms with Gasteiger partial charge in [-0.25, -0.2) is 0 Å². The van der Waals surface area contributed by atoms with Crippen LogP contribution >= 0.6 is 0 Å². The lowest BCUT2D eigenvalue weighted by molar-refractivity contribution is -0.133. The predicted molar refractivity (Wildman–Crippen MR) is 99.7 cm³/mol. The average molecular weight is 369 g/mol. The minimum atomic E-state index is -0.333. The number of furan rings is 1. The van der Waals surface area contributed by atoms with Crippen LogP contribution in [0.5, 0.6) is 5.75 Å². The number of hydrogen-bond donors (Lipinski definition) is 2. The minimum Gasteiger partial charge on any atom is -0.484 e. The Balaban J connectivity index is 1.31. The van der Waals surface area contributed by atoms with Crippen molar-refractivity contribution in [3.63, 3.8) is 0 Å². The van der Waals surface area contributed by atoms with E-state index in [0.29, 0.717) is 23.5 Å². The van der Waals surface area contributed by atoms with E-state index in [1.807, 2.05) is 4.90 Å². The number of anilines is 1. The highest BCUT2D eigenvalue weighted by atomic mass is 16.5. The smallest absolute Gasteiger partial charge is 0.291 e. The van der Waals surface area contributed by atoms with E-state index >= 15 is 0 Å². The normalized spacial score (nSPS) is 21.6. The second-order valence-electron chi connectivity index (χ2n) is 7.01. The molecule has 2 N–H and O–H groups in total. The molecule has 2 aliphatic rings. The van der Waals surface area contributed by atoms with Crippen LogP contribution in [0.2, 0.25) is 0 Å². The van der Waals surface area contributed by atoms with E-state index in [0.717, 1.165) is 25.9 Å². The molecule has 2 fully saturated rings. The number of hydrogen-bond acceptors (Lipinski definition) is 5. The van der Waals surface area contributed by atoms with Crippen molar-refractivity contribution in [3.8, 4) is 5.75 Å². The van der Waals surface area contributed by atoms with Crippen LogP contribution in [0.1, 0.15) is 29.8 Å². The molecule has 2 bridgehead atoms. The van der Waals surface area contributed by atoms with E-state index in [4.69, 9.17) is 9.15 Å². The molecule has 0 radical (unpaired) electrons. The Hall–Kier alpha value is -2.80. The SMILES string of the molecule is O=C(Nc1cccc(OCC(=O)N2CCC3CCC(C2)N3)c1)c1ccco1. The van der Waals surface area contributed by atoms with Crippen LogP contribution < -0.4 is 15.4 Å². The van der Waals surface area contributed by atoms with Crippen molar-refractivity contribution in [1.29, 1.82) is 0 Å². The van der Waals surface area contributed by atoms with Crippen molar-refractivity contribution >= 4 is 17.5 Å². The third kappa shape index (κ3) is 4.31. The molecule has 142 valence electrons. The summed E-state index contributed by atoms with van der Waals surface area (Å²) in [5, 5.41) is 6.31. The molecule has 1 aromatic carbocycles. The summed E-state index contributed by atoms with van der Waals surface area (Å²) in [6, 6.07) is 11.2. The molecule has 1 aromatic heterocycles. The Morgan fingerprint density at radius 1 is 1.19 bits per heavy atom. The molecule has 2 amide bonds. The predicted octanol–water partition coefficient (Wildman–Crippen LogP) is 2.26. The number of nitrogens with one attached hydrogen (secondary N) is 2. The van der Waals surface area contributed by atoms with Crippen LogP contribution in [0.25, 0.3) is 0 Å². The largest absolute Gasteiger partial charge is 0.484 e. The quantitative estimate of drug-likeness (QED) is 0.845. The number of benzene rings is 1. The summed E-state index contributed by atoms with van der Waals surface area (Å²) in [6.07, 6.45) is 4.78. The van der Waals surface area contributed by atoms with Crippen LogP contribution in [0.15, 0.2) is 47.1 Å². The van der Waals surface area contributed by atoms with Gasteiger partial charge in [-0.3, -0.25) is 9.59 Å². The van der Waals surface area contributed by atoms with Gasteiger partial charge in [0.2, 0.25) is 0 Å². The van der Waals surface area contributed by atoms with Crippen molar-refractivity contribution in [2.75, 3.05) is 25.0 Å². The molecule has 7 nitrogen and oxygen atoms in total. The van der Waals surface area contributed by atoms with Gasteiger partial charge in [-0.1, -0.05) is 6.07 Å². The summed E-state index contributed by atoms with van der Waals surface area (Å²) in [7, 11) is 0. The number of ether oxygens (including phenoxy) is 1. The van der Waals surface area contributed by atoms with Crippen molar-refractivity contribution in [2.24, 2.45) is 0 Å². The average Bonchev–Trinajstić information content (AvgIpc) is 3.30. The summed E-state index contributed by atoms with van der Waals surface area (Å²) in [5.74, 6) is 0.436. The zero-order chi connectivity index (χ0) is 18.6. The van der Waals surface area contributed by atoms with Gasteiger partial charge in [-0.2, -0.15) is 0 Å². The van der Waals surface area contributed by atoms with E-state index in [2.05, 4.69) is 10.6 Å². The maximum absolute atomic E-state index is 12.5. The van der Waals surface area contributed by atoms with E-state index in [1.54, 1.807) is 36.4 Å². The molecule has 7 heteroatoms. The van der Waals surface area contributed by atoms with Crippen molar-refractivity contribution in [3.05, 3.63) is 48.4 Å². The molecule has 3 heterocycles. The number of likely N-dealkylation sites (tertiary alicyclic amines) is 1. The number of carbonyl (C=O) groups is 2. The molecule has 2 atom stereocenters. The Morgan fingerprint density at radius 2 is 2.07 bits per heavy atom. The van der Waals surface area contributed by atoms with Gasteiger partial charge in [-0.15, -0.1) is 0 Å². The first kappa shape index (κ1) is 17.6. The van der Waals surface area contributed by atoms with Crippen LogP contribution in [0, 0.1) is 0 Å². The Morgan fingerprint density at radius 3 is 2.93 bits per heavy atom. The van der Waals surface area contributed by atoms with Crippen LogP contribution in [0.3, 0.4) is 0 Å². The summed E-state index contributed by atoms with van der Waals surface area (Å²) in [6.45, 7) is 1.51. The molecule has 0 saturated carbocycles. The lowest BCUT2D eigenvalue weighted by atomic mass is 10.1. The van der Waals surface area contributed by atoms with Gasteiger partial charge in [0.05, 0.1) is 6.26 Å². The van der Waals surface area contributed by atoms with Crippen LogP contribution in [-0.4, -0.2) is 48.5 Å². The zero-order valence-electron chi connectivity index (χ0n) is 15.0. The van der Waals surface area contributed by atoms with Gasteiger partial charge in [0, 0.05) is 36.9 Å². The molecular weight excluding hydrogens is 346 g/mol. The van der Waals surface area contributed by atoms with Crippen LogP contribution in [0.4, 0.5) is 5.69 Å². The first-order valence-electron chi connectivity index (χ1n) is 9.29. The molecule has 27 heavy (non-hydrogen) atoms. The highest BCUT2D eigenvalue weighted by Crippen LogP contribution is 2.21. The lowest BCUT2D eigenvalue weighted by Crippen LogP contribution is -2.41. The van der Waals surface area contributed by atoms with Gasteiger partial charge in [0.15, 0.2) is 12.4 Å². The maximum Gasteiger partial charge on any atom is 0.291 e. The highest BCUT2D eigenvalue weighted by Gasteiger charge is 2.31. The first-order valence-corrected chi connectivity index (χ1v) is 9.29. The lowest BCUT2D eigenvalue weighted by Gasteiger charge is -2.24. The van der Waals surface area contributed by atoms with E-state index < -0.39 is 0 Å². The Labute approximate surface area is 157 Å². The summed E-state index contributed by atoms with van der Waals surface area (Å²) < 4.78 is 10.7. The summed E-state index contributed by atoms with van der Waals surface area (Å²) in [5.41, 5.74) is 0.581. The minimum absolute atomic E-state index is 0.00521. The fraction of sp³-hybridized carbons (Fsp3) is 0.400. The van der Waals surface area contributed by atoms with E-state index in [9.17, 15) is 9.59 Å². The topological polar surface area (TPSA) is 83.8 Å². The van der Waals surface area contributed by atoms with E-state index in [-0.39, 0.29) is 24.2 Å². The number of nitrogens with zero attached hydrogens (tertiary/aromatic N) is 1. The highest BCUT2D eigenvalue weighted by molar-refractivity contribution is 6.02. The molecule has 0 aliphatic carbocycles. The van der Waals surface area contributed by atoms with Gasteiger partial charge in [0.25, 0.3) is 11.8 Å². The monoisotopic (exact) mass is 369 g/mol. The standard InChI is InChI=1S/C20H23N3O4/c24-19(23-9-8-14-6-7-16(12-23)21-14)13-27-17-4-1-3-15(11-17)22-20(25)18-5-2-10-26-18/h1-5,10-11,14,16,21H,6-9,12-13H2,(H,22,25). The van der Waals surface area contributed by atoms with Gasteiger partial charge >= 0.3 is 0 Å². The fourth-order valence-corrected chi connectivity index (χ4v) is 3.67. The molecule has 2 saturated heterocycles. The Bertz CT molecular complexity index is 805. The molecule has 0 spiro atoms. The second kappa shape index (κ2) is 7.84. The number of carbonyl (C=O) groups excluding carboxylic acids is 2. The molecule has 2 aliphatic heterocycles. The van der Waals surface area contributed by atoms with E-state index in [1.165, 1.54) is 12.7 Å². The maximum atomic E-state index is 12.5. The van der Waals surface area contributed by atoms with Gasteiger partial charge in [-0.05, 0) is 43.5 Å². The number of amides is 2. The number of fused-ring (bicyclic) bond motifs is 2. The molecule has 2 aromatic rings. The zero-order valence-corrected chi connectivity index (χ0v) is 15.0. The van der Waals surface area contributed by atoms with Crippen molar-refractivity contribution in [1.82, 2.24) is 10.2 Å². The molecular formula is C20H23N3O4. The van der Waals surface area contributed by atoms with Crippen molar-refractivity contribution < 1.29 is 18.7 Å². The summed E-state index contributed by atoms with van der Waals surface area (Å²) in [4.78, 5) is 26.4. The molecule has 2 unspecified atom stereocenters. The van der Waals surface area contributed by atoms with Crippen LogP contribution in [-0.2, 0) is 4.79 Å². The third-order valence-corrected chi connectivity index (χ3v) is 5.08. The molecule has 4 rings (SSSR count). The Kier molecular flexibility index (Phi) is 5.11. The first-order chi connectivity index (χ1) is 13.2. The summed E-state index contributed by atoms with van der Waals surface area (Å²) >= 11 is 0. The second-order valence-corrected chi connectivity index (χ2v) is 7.01. The van der Waals surface area contributed by atoms with Crippen molar-refractivity contribution in [2.45, 2.75) is 31.3 Å². The fourth-order valence-electron chi connectivity index (χ4n) is 3.67. The van der Waals surface area contributed by atoms with Gasteiger partial charge in [0.1, 0.15) is 5.75 Å².